The topological polar surface area (TPSA) is 46.3 Å². The van der Waals surface area contributed by atoms with E-state index < -0.39 is 0 Å². The molecule has 1 aromatic carbocycles. The highest BCUT2D eigenvalue weighted by molar-refractivity contribution is 8.00. The van der Waals surface area contributed by atoms with Crippen LogP contribution in [0.2, 0.25) is 0 Å². The van der Waals surface area contributed by atoms with Crippen molar-refractivity contribution in [2.75, 3.05) is 12.3 Å². The van der Waals surface area contributed by atoms with Gasteiger partial charge in [-0.3, -0.25) is 4.79 Å². The minimum atomic E-state index is 0. The van der Waals surface area contributed by atoms with Gasteiger partial charge >= 0.3 is 0 Å². The number of hydrogen-bond acceptors (Lipinski definition) is 3. The van der Waals surface area contributed by atoms with E-state index in [2.05, 4.69) is 32.0 Å². The number of likely N-dealkylation sites (tertiary alicyclic amines) is 1. The summed E-state index contributed by atoms with van der Waals surface area (Å²) in [5, 5.41) is 0. The smallest absolute Gasteiger partial charge is 0.233 e. The minimum Gasteiger partial charge on any atom is -0.337 e. The van der Waals surface area contributed by atoms with E-state index in [-0.39, 0.29) is 30.4 Å². The Morgan fingerprint density at radius 1 is 1.41 bits per heavy atom. The summed E-state index contributed by atoms with van der Waals surface area (Å²) in [6, 6.07) is 6.66. The first kappa shape index (κ1) is 19.3. The molecule has 0 spiro atoms. The predicted octanol–water partition coefficient (Wildman–Crippen LogP) is 3.55. The fraction of sp³-hybridized carbons (Fsp3) is 0.588. The summed E-state index contributed by atoms with van der Waals surface area (Å²) in [5.74, 6) is 0.732. The Morgan fingerprint density at radius 2 is 2.14 bits per heavy atom. The Labute approximate surface area is 144 Å². The second kappa shape index (κ2) is 8.80. The number of hydrogen-bond donors (Lipinski definition) is 1. The molecule has 2 rings (SSSR count). The van der Waals surface area contributed by atoms with Crippen LogP contribution in [0.3, 0.4) is 0 Å². The van der Waals surface area contributed by atoms with Gasteiger partial charge in [-0.05, 0) is 51.7 Å². The second-order valence-electron chi connectivity index (χ2n) is 6.07. The normalized spacial score (nSPS) is 19.5. The molecule has 1 saturated heterocycles. The molecule has 1 aliphatic rings. The van der Waals surface area contributed by atoms with Crippen molar-refractivity contribution in [1.82, 2.24) is 4.90 Å². The number of piperidine rings is 1. The van der Waals surface area contributed by atoms with Gasteiger partial charge in [0.15, 0.2) is 0 Å². The molecule has 3 nitrogen and oxygen atoms in total. The largest absolute Gasteiger partial charge is 0.337 e. The van der Waals surface area contributed by atoms with Gasteiger partial charge in [-0.2, -0.15) is 0 Å². The van der Waals surface area contributed by atoms with Crippen molar-refractivity contribution in [2.45, 2.75) is 57.0 Å². The SMILES string of the molecule is Cc1ccc(C)c(SCC(=O)N2CCCCC2C(C)N)c1.Cl. The third-order valence-electron chi connectivity index (χ3n) is 4.17. The highest BCUT2D eigenvalue weighted by Crippen LogP contribution is 2.26. The highest BCUT2D eigenvalue weighted by atomic mass is 35.5. The van der Waals surface area contributed by atoms with Gasteiger partial charge in [0.25, 0.3) is 0 Å². The maximum absolute atomic E-state index is 12.5. The molecule has 0 aromatic heterocycles. The summed E-state index contributed by atoms with van der Waals surface area (Å²) in [6.07, 6.45) is 3.32. The lowest BCUT2D eigenvalue weighted by molar-refractivity contribution is -0.132. The molecule has 0 aliphatic carbocycles. The first-order valence-corrected chi connectivity index (χ1v) is 8.72. The monoisotopic (exact) mass is 342 g/mol. The second-order valence-corrected chi connectivity index (χ2v) is 7.08. The van der Waals surface area contributed by atoms with Crippen LogP contribution in [-0.2, 0) is 4.79 Å². The van der Waals surface area contributed by atoms with Gasteiger partial charge in [-0.15, -0.1) is 24.2 Å². The maximum Gasteiger partial charge on any atom is 0.233 e. The molecule has 2 atom stereocenters. The minimum absolute atomic E-state index is 0. The van der Waals surface area contributed by atoms with Crippen LogP contribution in [0.5, 0.6) is 0 Å². The first-order valence-electron chi connectivity index (χ1n) is 7.74. The van der Waals surface area contributed by atoms with E-state index >= 15 is 0 Å². The number of aryl methyl sites for hydroxylation is 2. The molecule has 22 heavy (non-hydrogen) atoms. The quantitative estimate of drug-likeness (QED) is 0.851. The van der Waals surface area contributed by atoms with E-state index in [0.717, 1.165) is 19.4 Å². The molecule has 2 unspecified atom stereocenters. The fourth-order valence-electron chi connectivity index (χ4n) is 2.90. The van der Waals surface area contributed by atoms with Crippen LogP contribution in [0, 0.1) is 13.8 Å². The maximum atomic E-state index is 12.5. The number of nitrogens with two attached hydrogens (primary N) is 1. The highest BCUT2D eigenvalue weighted by Gasteiger charge is 2.28. The average Bonchev–Trinajstić information content (AvgIpc) is 2.47. The number of amides is 1. The molecule has 2 N–H and O–H groups in total. The van der Waals surface area contributed by atoms with Crippen molar-refractivity contribution in [3.63, 3.8) is 0 Å². The number of halogens is 1. The van der Waals surface area contributed by atoms with Crippen LogP contribution in [0.4, 0.5) is 0 Å². The van der Waals surface area contributed by atoms with Gasteiger partial charge < -0.3 is 10.6 Å². The van der Waals surface area contributed by atoms with Gasteiger partial charge in [-0.25, -0.2) is 0 Å². The lowest BCUT2D eigenvalue weighted by Crippen LogP contribution is -2.52. The summed E-state index contributed by atoms with van der Waals surface area (Å²) in [6.45, 7) is 7.05. The first-order chi connectivity index (χ1) is 9.99. The zero-order valence-electron chi connectivity index (χ0n) is 13.7. The molecule has 124 valence electrons. The molecule has 0 radical (unpaired) electrons. The molecule has 1 heterocycles. The van der Waals surface area contributed by atoms with E-state index in [1.165, 1.54) is 22.4 Å². The van der Waals surface area contributed by atoms with Crippen LogP contribution in [0.25, 0.3) is 0 Å². The van der Waals surface area contributed by atoms with E-state index in [1.54, 1.807) is 11.8 Å². The van der Waals surface area contributed by atoms with Gasteiger partial charge in [0.1, 0.15) is 0 Å². The van der Waals surface area contributed by atoms with Crippen molar-refractivity contribution in [3.05, 3.63) is 29.3 Å². The molecule has 0 bridgehead atoms. The van der Waals surface area contributed by atoms with Gasteiger partial charge in [0.2, 0.25) is 5.91 Å². The van der Waals surface area contributed by atoms with Gasteiger partial charge in [0.05, 0.1) is 5.75 Å². The summed E-state index contributed by atoms with van der Waals surface area (Å²) in [7, 11) is 0. The molecule has 1 aromatic rings. The average molecular weight is 343 g/mol. The number of thioether (sulfide) groups is 1. The van der Waals surface area contributed by atoms with Crippen molar-refractivity contribution in [1.29, 1.82) is 0 Å². The Bertz CT molecular complexity index is 507. The van der Waals surface area contributed by atoms with E-state index in [4.69, 9.17) is 5.73 Å². The Kier molecular flexibility index (Phi) is 7.74. The van der Waals surface area contributed by atoms with Crippen LogP contribution in [0.15, 0.2) is 23.1 Å². The van der Waals surface area contributed by atoms with E-state index in [0.29, 0.717) is 5.75 Å². The van der Waals surface area contributed by atoms with E-state index in [9.17, 15) is 4.79 Å². The third-order valence-corrected chi connectivity index (χ3v) is 5.31. The molecule has 0 saturated carbocycles. The number of benzene rings is 1. The Hall–Kier alpha value is -0.710. The van der Waals surface area contributed by atoms with Crippen LogP contribution >= 0.6 is 24.2 Å². The van der Waals surface area contributed by atoms with Crippen molar-refractivity contribution < 1.29 is 4.79 Å². The van der Waals surface area contributed by atoms with Gasteiger partial charge in [-0.1, -0.05) is 17.7 Å². The molecule has 1 amide bonds. The molecular formula is C17H27ClN2OS. The standard InChI is InChI=1S/C17H26N2OS.ClH/c1-12-7-8-13(2)16(10-12)21-11-17(20)19-9-5-4-6-15(19)14(3)18;/h7-8,10,14-15H,4-6,9,11,18H2,1-3H3;1H. The van der Waals surface area contributed by atoms with E-state index in [1.807, 2.05) is 11.8 Å². The predicted molar refractivity (Wildman–Crippen MR) is 96.9 cm³/mol. The summed E-state index contributed by atoms with van der Waals surface area (Å²) in [5.41, 5.74) is 8.52. The molecule has 5 heteroatoms. The molecule has 1 aliphatic heterocycles. The van der Waals surface area contributed by atoms with Gasteiger partial charge in [0, 0.05) is 23.5 Å². The lowest BCUT2D eigenvalue weighted by atomic mass is 9.97. The zero-order valence-corrected chi connectivity index (χ0v) is 15.3. The van der Waals surface area contributed by atoms with Crippen LogP contribution < -0.4 is 5.73 Å². The molecular weight excluding hydrogens is 316 g/mol. The summed E-state index contributed by atoms with van der Waals surface area (Å²) < 4.78 is 0. The summed E-state index contributed by atoms with van der Waals surface area (Å²) >= 11 is 1.64. The van der Waals surface area contributed by atoms with Crippen molar-refractivity contribution >= 4 is 30.1 Å². The van der Waals surface area contributed by atoms with Crippen LogP contribution in [-0.4, -0.2) is 35.2 Å². The number of rotatable bonds is 4. The number of carbonyl (C=O) groups is 1. The van der Waals surface area contributed by atoms with Crippen molar-refractivity contribution in [2.24, 2.45) is 5.73 Å². The Morgan fingerprint density at radius 3 is 2.82 bits per heavy atom. The third kappa shape index (κ3) is 4.90. The van der Waals surface area contributed by atoms with Crippen molar-refractivity contribution in [3.8, 4) is 0 Å². The number of carbonyl (C=O) groups excluding carboxylic acids is 1. The fourth-order valence-corrected chi connectivity index (χ4v) is 3.91. The lowest BCUT2D eigenvalue weighted by Gasteiger charge is -2.38. The van der Waals surface area contributed by atoms with Crippen LogP contribution in [0.1, 0.15) is 37.3 Å². The summed E-state index contributed by atoms with van der Waals surface area (Å²) in [4.78, 5) is 15.7. The Balaban J connectivity index is 0.00000242. The zero-order chi connectivity index (χ0) is 15.4. The molecule has 1 fully saturated rings. The number of nitrogens with zero attached hydrogens (tertiary/aromatic N) is 1.